The Morgan fingerprint density at radius 3 is 2.06 bits per heavy atom. The molecule has 5 heteroatoms. The van der Waals surface area contributed by atoms with Gasteiger partial charge in [0.25, 0.3) is 9.05 Å². The molecule has 88 valence electrons. The van der Waals surface area contributed by atoms with Crippen LogP contribution in [0.1, 0.15) is 0 Å². The lowest BCUT2D eigenvalue weighted by Crippen LogP contribution is -1.90. The Morgan fingerprint density at radius 1 is 0.941 bits per heavy atom. The molecule has 2 rings (SSSR count). The maximum absolute atomic E-state index is 11.1. The predicted molar refractivity (Wildman–Crippen MR) is 77.6 cm³/mol. The summed E-state index contributed by atoms with van der Waals surface area (Å²) in [7, 11) is 1.62. The number of rotatable bonds is 2. The number of halogens is 2. The molecule has 0 spiro atoms. The van der Waals surface area contributed by atoms with Gasteiger partial charge in [0.05, 0.1) is 4.90 Å². The molecule has 0 bridgehead atoms. The summed E-state index contributed by atoms with van der Waals surface area (Å²) in [5.74, 6) is 0. The Morgan fingerprint density at radius 2 is 1.53 bits per heavy atom. The molecule has 2 nitrogen and oxygen atoms in total. The predicted octanol–water partition coefficient (Wildman–Crippen LogP) is 3.89. The summed E-state index contributed by atoms with van der Waals surface area (Å²) in [6.07, 6.45) is 0. The average molecular weight is 379 g/mol. The van der Waals surface area contributed by atoms with E-state index in [2.05, 4.69) is 22.6 Å². The maximum Gasteiger partial charge on any atom is 0.261 e. The van der Waals surface area contributed by atoms with Gasteiger partial charge >= 0.3 is 0 Å². The van der Waals surface area contributed by atoms with Gasteiger partial charge in [-0.1, -0.05) is 30.3 Å². The molecule has 0 aliphatic heterocycles. The van der Waals surface area contributed by atoms with Gasteiger partial charge in [-0.2, -0.15) is 0 Å². The van der Waals surface area contributed by atoms with Crippen LogP contribution < -0.4 is 0 Å². The molecular weight excluding hydrogens is 371 g/mol. The summed E-state index contributed by atoms with van der Waals surface area (Å²) in [4.78, 5) is 0.119. The van der Waals surface area contributed by atoms with Crippen molar-refractivity contribution in [3.63, 3.8) is 0 Å². The van der Waals surface area contributed by atoms with E-state index in [0.29, 0.717) is 0 Å². The lowest BCUT2D eigenvalue weighted by Gasteiger charge is -2.04. The van der Waals surface area contributed by atoms with E-state index in [1.165, 1.54) is 12.1 Å². The smallest absolute Gasteiger partial charge is 0.207 e. The fourth-order valence-corrected chi connectivity index (χ4v) is 2.96. The summed E-state index contributed by atoms with van der Waals surface area (Å²) in [6, 6.07) is 14.4. The van der Waals surface area contributed by atoms with Gasteiger partial charge in [0, 0.05) is 14.3 Å². The molecule has 2 aromatic carbocycles. The summed E-state index contributed by atoms with van der Waals surface area (Å²) in [6.45, 7) is 0. The van der Waals surface area contributed by atoms with Crippen LogP contribution in [-0.2, 0) is 9.05 Å². The molecule has 0 amide bonds. The monoisotopic (exact) mass is 378 g/mol. The molecule has 0 aliphatic rings. The largest absolute Gasteiger partial charge is 0.261 e. The van der Waals surface area contributed by atoms with Crippen LogP contribution in [-0.4, -0.2) is 8.42 Å². The molecule has 0 radical (unpaired) electrons. The van der Waals surface area contributed by atoms with Crippen molar-refractivity contribution in [2.75, 3.05) is 0 Å². The zero-order valence-electron chi connectivity index (χ0n) is 8.60. The zero-order valence-corrected chi connectivity index (χ0v) is 12.3. The minimum atomic E-state index is -3.64. The van der Waals surface area contributed by atoms with Gasteiger partial charge in [-0.15, -0.1) is 0 Å². The highest BCUT2D eigenvalue weighted by molar-refractivity contribution is 14.1. The molecular formula is C12H8ClIO2S. The fourth-order valence-electron chi connectivity index (χ4n) is 1.49. The molecule has 0 heterocycles. The Labute approximate surface area is 118 Å². The summed E-state index contributed by atoms with van der Waals surface area (Å²) < 4.78 is 23.3. The minimum Gasteiger partial charge on any atom is -0.207 e. The first kappa shape index (κ1) is 12.9. The van der Waals surface area contributed by atoms with Gasteiger partial charge in [0.1, 0.15) is 0 Å². The van der Waals surface area contributed by atoms with Gasteiger partial charge in [-0.25, -0.2) is 8.42 Å². The van der Waals surface area contributed by atoms with Crippen LogP contribution in [0.5, 0.6) is 0 Å². The van der Waals surface area contributed by atoms with E-state index in [1.807, 2.05) is 24.3 Å². The van der Waals surface area contributed by atoms with Gasteiger partial charge in [0.2, 0.25) is 0 Å². The van der Waals surface area contributed by atoms with E-state index in [9.17, 15) is 8.42 Å². The lowest BCUT2D eigenvalue weighted by molar-refractivity contribution is 0.609. The molecule has 0 atom stereocenters. The summed E-state index contributed by atoms with van der Waals surface area (Å²) in [5, 5.41) is 0. The second-order valence-electron chi connectivity index (χ2n) is 3.44. The first-order valence-corrected chi connectivity index (χ1v) is 8.17. The molecule has 0 unspecified atom stereocenters. The van der Waals surface area contributed by atoms with Crippen LogP contribution in [0.4, 0.5) is 0 Å². The van der Waals surface area contributed by atoms with Crippen molar-refractivity contribution in [2.45, 2.75) is 4.90 Å². The third-order valence-corrected chi connectivity index (χ3v) is 4.63. The van der Waals surface area contributed by atoms with Crippen molar-refractivity contribution in [2.24, 2.45) is 0 Å². The van der Waals surface area contributed by atoms with Crippen LogP contribution in [0.15, 0.2) is 53.4 Å². The second-order valence-corrected chi connectivity index (χ2v) is 7.17. The average Bonchev–Trinajstić information content (AvgIpc) is 2.29. The Balaban J connectivity index is 2.47. The second kappa shape index (κ2) is 4.96. The molecule has 2 aromatic rings. The van der Waals surface area contributed by atoms with Crippen molar-refractivity contribution in [1.82, 2.24) is 0 Å². The fraction of sp³-hybridized carbons (Fsp3) is 0. The van der Waals surface area contributed by atoms with E-state index in [4.69, 9.17) is 10.7 Å². The molecule has 0 N–H and O–H groups in total. The van der Waals surface area contributed by atoms with E-state index < -0.39 is 9.05 Å². The van der Waals surface area contributed by atoms with Crippen molar-refractivity contribution in [3.05, 3.63) is 52.1 Å². The van der Waals surface area contributed by atoms with E-state index >= 15 is 0 Å². The van der Waals surface area contributed by atoms with Gasteiger partial charge < -0.3 is 0 Å². The number of hydrogen-bond donors (Lipinski definition) is 0. The zero-order chi connectivity index (χ0) is 12.5. The highest BCUT2D eigenvalue weighted by Crippen LogP contribution is 2.26. The van der Waals surface area contributed by atoms with Crippen LogP contribution in [0.3, 0.4) is 0 Å². The Kier molecular flexibility index (Phi) is 3.75. The molecule has 0 saturated heterocycles. The van der Waals surface area contributed by atoms with Gasteiger partial charge in [-0.05, 0) is 51.9 Å². The third-order valence-electron chi connectivity index (χ3n) is 2.32. The van der Waals surface area contributed by atoms with Crippen molar-refractivity contribution >= 4 is 42.3 Å². The highest BCUT2D eigenvalue weighted by atomic mass is 127. The van der Waals surface area contributed by atoms with E-state index in [-0.39, 0.29) is 4.90 Å². The maximum atomic E-state index is 11.1. The van der Waals surface area contributed by atoms with E-state index in [1.54, 1.807) is 12.1 Å². The molecule has 0 saturated carbocycles. The van der Waals surface area contributed by atoms with Crippen LogP contribution in [0, 0.1) is 3.57 Å². The standard InChI is InChI=1S/C12H8ClIO2S/c13-17(15,16)10-7-5-9(6-8-10)11-3-1-2-4-12(11)14/h1-8H. The summed E-state index contributed by atoms with van der Waals surface area (Å²) >= 11 is 2.24. The van der Waals surface area contributed by atoms with Crippen LogP contribution in [0.25, 0.3) is 11.1 Å². The number of hydrogen-bond acceptors (Lipinski definition) is 2. The first-order chi connectivity index (χ1) is 7.98. The molecule has 0 aliphatic carbocycles. The van der Waals surface area contributed by atoms with Gasteiger partial charge in [-0.3, -0.25) is 0 Å². The normalized spacial score (nSPS) is 11.4. The Hall–Kier alpha value is -0.590. The van der Waals surface area contributed by atoms with Gasteiger partial charge in [0.15, 0.2) is 0 Å². The topological polar surface area (TPSA) is 34.1 Å². The summed E-state index contributed by atoms with van der Waals surface area (Å²) in [5.41, 5.74) is 2.05. The SMILES string of the molecule is O=S(=O)(Cl)c1ccc(-c2ccccc2I)cc1. The third kappa shape index (κ3) is 3.00. The molecule has 0 fully saturated rings. The molecule has 17 heavy (non-hydrogen) atoms. The van der Waals surface area contributed by atoms with Crippen molar-refractivity contribution in [1.29, 1.82) is 0 Å². The van der Waals surface area contributed by atoms with Crippen LogP contribution >= 0.6 is 33.3 Å². The van der Waals surface area contributed by atoms with E-state index in [0.717, 1.165) is 14.7 Å². The number of benzene rings is 2. The highest BCUT2D eigenvalue weighted by Gasteiger charge is 2.10. The van der Waals surface area contributed by atoms with Crippen molar-refractivity contribution in [3.8, 4) is 11.1 Å². The molecule has 0 aromatic heterocycles. The first-order valence-electron chi connectivity index (χ1n) is 4.78. The van der Waals surface area contributed by atoms with Crippen LogP contribution in [0.2, 0.25) is 0 Å². The minimum absolute atomic E-state index is 0.119. The lowest BCUT2D eigenvalue weighted by atomic mass is 10.1. The quantitative estimate of drug-likeness (QED) is 0.587. The Bertz CT molecular complexity index is 636. The van der Waals surface area contributed by atoms with Crippen molar-refractivity contribution < 1.29 is 8.42 Å².